The molecular formula is C24H26Cl2N2O7S2. The summed E-state index contributed by atoms with van der Waals surface area (Å²) in [6, 6.07) is 16.2. The van der Waals surface area contributed by atoms with Gasteiger partial charge in [-0.2, -0.15) is 0 Å². The van der Waals surface area contributed by atoms with Crippen molar-refractivity contribution in [3.05, 3.63) is 88.4 Å². The minimum absolute atomic E-state index is 0. The highest BCUT2D eigenvalue weighted by atomic mass is 35.5. The van der Waals surface area contributed by atoms with E-state index >= 15 is 0 Å². The lowest BCUT2D eigenvalue weighted by Crippen LogP contribution is -2.29. The number of amides is 1. The Kier molecular flexibility index (Phi) is 10.5. The van der Waals surface area contributed by atoms with Gasteiger partial charge in [0.25, 0.3) is 5.91 Å². The summed E-state index contributed by atoms with van der Waals surface area (Å²) >= 11 is 5.94. The predicted molar refractivity (Wildman–Crippen MR) is 143 cm³/mol. The molecule has 3 aromatic carbocycles. The van der Waals surface area contributed by atoms with Gasteiger partial charge >= 0.3 is 0 Å². The van der Waals surface area contributed by atoms with Crippen LogP contribution in [0, 0.1) is 0 Å². The second-order valence-electron chi connectivity index (χ2n) is 8.05. The second kappa shape index (κ2) is 12.7. The van der Waals surface area contributed by atoms with Crippen molar-refractivity contribution >= 4 is 49.8 Å². The van der Waals surface area contributed by atoms with Gasteiger partial charge < -0.3 is 15.5 Å². The molecule has 0 unspecified atom stereocenters. The molecule has 1 atom stereocenters. The SMILES string of the molecule is CS(=O)(=O)NC(=O)c1cc(S(=O)(=O)c2ccc(CCNC[C@@H](O)c3cccc(Cl)c3)cc2)ccc1O.Cl. The summed E-state index contributed by atoms with van der Waals surface area (Å²) < 4.78 is 50.4. The first kappa shape index (κ1) is 30.6. The Hall–Kier alpha value is -2.67. The van der Waals surface area contributed by atoms with Gasteiger partial charge in [0.15, 0.2) is 0 Å². The minimum atomic E-state index is -4.04. The van der Waals surface area contributed by atoms with Crippen molar-refractivity contribution in [2.24, 2.45) is 0 Å². The Balaban J connectivity index is 0.00000481. The fraction of sp³-hybridized carbons (Fsp3) is 0.208. The number of phenols is 1. The molecule has 0 aromatic heterocycles. The first-order valence-corrected chi connectivity index (χ1v) is 14.5. The van der Waals surface area contributed by atoms with Gasteiger partial charge in [-0.3, -0.25) is 4.79 Å². The number of phenolic OH excluding ortho intramolecular Hbond substituents is 1. The van der Waals surface area contributed by atoms with Crippen molar-refractivity contribution in [2.45, 2.75) is 22.3 Å². The Morgan fingerprint density at radius 2 is 1.62 bits per heavy atom. The molecule has 0 aliphatic carbocycles. The number of hydrogen-bond acceptors (Lipinski definition) is 8. The van der Waals surface area contributed by atoms with Crippen LogP contribution in [-0.2, 0) is 26.3 Å². The van der Waals surface area contributed by atoms with E-state index in [4.69, 9.17) is 11.6 Å². The molecule has 0 radical (unpaired) electrons. The summed E-state index contributed by atoms with van der Waals surface area (Å²) in [5.41, 5.74) is 1.08. The van der Waals surface area contributed by atoms with Crippen LogP contribution in [0.4, 0.5) is 0 Å². The van der Waals surface area contributed by atoms with Crippen LogP contribution in [0.3, 0.4) is 0 Å². The van der Waals surface area contributed by atoms with Crippen LogP contribution >= 0.6 is 24.0 Å². The number of carbonyl (C=O) groups is 1. The van der Waals surface area contributed by atoms with Gasteiger partial charge in [0, 0.05) is 11.6 Å². The third-order valence-electron chi connectivity index (χ3n) is 5.20. The van der Waals surface area contributed by atoms with Gasteiger partial charge in [0.2, 0.25) is 19.9 Å². The van der Waals surface area contributed by atoms with E-state index in [0.717, 1.165) is 30.0 Å². The summed E-state index contributed by atoms with van der Waals surface area (Å²) in [5, 5.41) is 23.8. The summed E-state index contributed by atoms with van der Waals surface area (Å²) in [5.74, 6) is -1.70. The Morgan fingerprint density at radius 3 is 2.24 bits per heavy atom. The van der Waals surface area contributed by atoms with E-state index in [-0.39, 0.29) is 22.2 Å². The lowest BCUT2D eigenvalue weighted by atomic mass is 10.1. The number of halogens is 2. The van der Waals surface area contributed by atoms with Crippen LogP contribution in [0.2, 0.25) is 5.02 Å². The smallest absolute Gasteiger partial charge is 0.268 e. The molecule has 0 saturated carbocycles. The average Bonchev–Trinajstić information content (AvgIpc) is 2.81. The zero-order valence-electron chi connectivity index (χ0n) is 19.6. The summed E-state index contributed by atoms with van der Waals surface area (Å²) in [6.07, 6.45) is 0.629. The van der Waals surface area contributed by atoms with Crippen LogP contribution in [0.15, 0.2) is 76.5 Å². The number of rotatable bonds is 10. The van der Waals surface area contributed by atoms with E-state index in [0.29, 0.717) is 30.1 Å². The number of aromatic hydroxyl groups is 1. The number of hydrogen-bond donors (Lipinski definition) is 4. The lowest BCUT2D eigenvalue weighted by molar-refractivity contribution is 0.0979. The molecule has 200 valence electrons. The highest BCUT2D eigenvalue weighted by Gasteiger charge is 2.22. The van der Waals surface area contributed by atoms with Gasteiger partial charge in [-0.05, 0) is 66.6 Å². The van der Waals surface area contributed by atoms with Crippen LogP contribution in [0.5, 0.6) is 5.75 Å². The topological polar surface area (TPSA) is 150 Å². The Bertz CT molecular complexity index is 1460. The van der Waals surface area contributed by atoms with Crippen LogP contribution in [-0.4, -0.2) is 52.3 Å². The standard InChI is InChI=1S/C24H25ClN2O7S2.ClH/c1-35(31,32)27-24(30)21-14-20(9-10-22(21)28)36(33,34)19-7-5-16(6-8-19)11-12-26-15-23(29)17-3-2-4-18(25)13-17;/h2-10,13-14,23,26,28-29H,11-12,15H2,1H3,(H,27,30);1H/t23-;/m1./s1. The molecule has 3 aromatic rings. The molecule has 0 bridgehead atoms. The van der Waals surface area contributed by atoms with Crippen molar-refractivity contribution in [2.75, 3.05) is 19.3 Å². The van der Waals surface area contributed by atoms with E-state index < -0.39 is 43.2 Å². The molecule has 13 heteroatoms. The number of aliphatic hydroxyl groups excluding tert-OH is 1. The molecule has 0 saturated heterocycles. The molecule has 0 aliphatic heterocycles. The molecule has 1 amide bonds. The number of benzene rings is 3. The Labute approximate surface area is 226 Å². The summed E-state index contributed by atoms with van der Waals surface area (Å²) in [7, 11) is -7.95. The molecule has 0 spiro atoms. The zero-order valence-corrected chi connectivity index (χ0v) is 22.8. The third kappa shape index (κ3) is 8.42. The molecular weight excluding hydrogens is 563 g/mol. The quantitative estimate of drug-likeness (QED) is 0.264. The molecule has 37 heavy (non-hydrogen) atoms. The second-order valence-corrected chi connectivity index (χ2v) is 12.2. The normalized spacial score (nSPS) is 12.4. The van der Waals surface area contributed by atoms with E-state index in [2.05, 4.69) is 5.32 Å². The molecule has 3 rings (SSSR count). The molecule has 4 N–H and O–H groups in total. The van der Waals surface area contributed by atoms with Gasteiger partial charge in [-0.25, -0.2) is 21.6 Å². The number of aliphatic hydroxyl groups is 1. The average molecular weight is 590 g/mol. The van der Waals surface area contributed by atoms with Gasteiger partial charge in [-0.1, -0.05) is 35.9 Å². The number of nitrogens with one attached hydrogen (secondary N) is 2. The first-order valence-electron chi connectivity index (χ1n) is 10.7. The van der Waals surface area contributed by atoms with Crippen molar-refractivity contribution in [3.63, 3.8) is 0 Å². The van der Waals surface area contributed by atoms with Gasteiger partial charge in [0.05, 0.1) is 27.7 Å². The first-order chi connectivity index (χ1) is 16.9. The molecule has 0 fully saturated rings. The van der Waals surface area contributed by atoms with Crippen LogP contribution in [0.25, 0.3) is 0 Å². The van der Waals surface area contributed by atoms with Crippen molar-refractivity contribution < 1.29 is 31.8 Å². The largest absolute Gasteiger partial charge is 0.507 e. The fourth-order valence-corrected chi connectivity index (χ4v) is 5.29. The molecule has 9 nitrogen and oxygen atoms in total. The fourth-order valence-electron chi connectivity index (χ4n) is 3.36. The van der Waals surface area contributed by atoms with Gasteiger partial charge in [0.1, 0.15) is 5.75 Å². The van der Waals surface area contributed by atoms with E-state index in [1.807, 2.05) is 0 Å². The van der Waals surface area contributed by atoms with E-state index in [1.54, 1.807) is 41.1 Å². The minimum Gasteiger partial charge on any atom is -0.507 e. The maximum atomic E-state index is 13.0. The highest BCUT2D eigenvalue weighted by molar-refractivity contribution is 7.91. The van der Waals surface area contributed by atoms with Crippen LogP contribution in [0.1, 0.15) is 27.6 Å². The zero-order chi connectivity index (χ0) is 26.5. The van der Waals surface area contributed by atoms with Gasteiger partial charge in [-0.15, -0.1) is 12.4 Å². The maximum absolute atomic E-state index is 13.0. The monoisotopic (exact) mass is 588 g/mol. The third-order valence-corrected chi connectivity index (χ3v) is 7.75. The van der Waals surface area contributed by atoms with Crippen molar-refractivity contribution in [1.29, 1.82) is 0 Å². The molecule has 0 aliphatic rings. The van der Waals surface area contributed by atoms with E-state index in [1.165, 1.54) is 12.1 Å². The van der Waals surface area contributed by atoms with Crippen LogP contribution < -0.4 is 10.0 Å². The summed E-state index contributed by atoms with van der Waals surface area (Å²) in [4.78, 5) is 11.8. The van der Waals surface area contributed by atoms with Crippen molar-refractivity contribution in [1.82, 2.24) is 10.0 Å². The predicted octanol–water partition coefficient (Wildman–Crippen LogP) is 2.86. The summed E-state index contributed by atoms with van der Waals surface area (Å²) in [6.45, 7) is 0.864. The molecule has 0 heterocycles. The number of carbonyl (C=O) groups excluding carboxylic acids is 1. The van der Waals surface area contributed by atoms with Crippen molar-refractivity contribution in [3.8, 4) is 5.75 Å². The number of sulfonamides is 1. The lowest BCUT2D eigenvalue weighted by Gasteiger charge is -2.13. The Morgan fingerprint density at radius 1 is 0.973 bits per heavy atom. The number of sulfone groups is 1. The maximum Gasteiger partial charge on any atom is 0.268 e. The highest BCUT2D eigenvalue weighted by Crippen LogP contribution is 2.26. The van der Waals surface area contributed by atoms with E-state index in [9.17, 15) is 31.8 Å².